The minimum atomic E-state index is -0.380. The van der Waals surface area contributed by atoms with Gasteiger partial charge in [-0.05, 0) is 29.4 Å². The van der Waals surface area contributed by atoms with Gasteiger partial charge in [0.1, 0.15) is 4.45 Å². The molecule has 0 radical (unpaired) electrons. The summed E-state index contributed by atoms with van der Waals surface area (Å²) in [5.41, 5.74) is 9.12. The van der Waals surface area contributed by atoms with Crippen LogP contribution in [0, 0.1) is 5.41 Å². The summed E-state index contributed by atoms with van der Waals surface area (Å²) < 4.78 is -0.380. The fraction of sp³-hybridized carbons (Fsp3) is 0.500. The molecule has 0 spiro atoms. The molecule has 0 saturated heterocycles. The first-order chi connectivity index (χ1) is 6.45. The molecule has 0 fully saturated rings. The highest BCUT2D eigenvalue weighted by Crippen LogP contribution is 2.50. The number of benzene rings is 1. The van der Waals surface area contributed by atoms with Crippen LogP contribution in [-0.4, -0.2) is 0 Å². The van der Waals surface area contributed by atoms with E-state index in [-0.39, 0.29) is 9.86 Å². The summed E-state index contributed by atoms with van der Waals surface area (Å²) in [5.74, 6) is 0. The fourth-order valence-electron chi connectivity index (χ4n) is 2.09. The van der Waals surface area contributed by atoms with Gasteiger partial charge in [0.25, 0.3) is 0 Å². The summed E-state index contributed by atoms with van der Waals surface area (Å²) in [6.07, 6.45) is 2.26. The Bertz CT molecular complexity index is 355. The van der Waals surface area contributed by atoms with Crippen LogP contribution in [0.2, 0.25) is 0 Å². The highest BCUT2D eigenvalue weighted by molar-refractivity contribution is 9.09. The quantitative estimate of drug-likeness (QED) is 0.558. The van der Waals surface area contributed by atoms with E-state index in [1.54, 1.807) is 0 Å². The van der Waals surface area contributed by atoms with Crippen LogP contribution in [0.15, 0.2) is 24.3 Å². The molecule has 2 N–H and O–H groups in total. The molecule has 0 aromatic heterocycles. The van der Waals surface area contributed by atoms with Crippen molar-refractivity contribution >= 4 is 15.9 Å². The summed E-state index contributed by atoms with van der Waals surface area (Å²) in [4.78, 5) is 0. The molecule has 14 heavy (non-hydrogen) atoms. The van der Waals surface area contributed by atoms with Crippen LogP contribution in [0.25, 0.3) is 0 Å². The third-order valence-electron chi connectivity index (χ3n) is 3.41. The molecule has 0 bridgehead atoms. The Kier molecular flexibility index (Phi) is 2.24. The number of alkyl halides is 1. The van der Waals surface area contributed by atoms with E-state index in [0.29, 0.717) is 0 Å². The molecule has 1 aliphatic rings. The number of hydrogen-bond acceptors (Lipinski definition) is 1. The third kappa shape index (κ3) is 1.32. The van der Waals surface area contributed by atoms with Gasteiger partial charge in [0.15, 0.2) is 0 Å². The van der Waals surface area contributed by atoms with E-state index in [0.717, 1.165) is 12.8 Å². The van der Waals surface area contributed by atoms with Gasteiger partial charge in [-0.15, -0.1) is 0 Å². The fourth-order valence-corrected chi connectivity index (χ4v) is 2.67. The van der Waals surface area contributed by atoms with Crippen LogP contribution in [0.3, 0.4) is 0 Å². The van der Waals surface area contributed by atoms with Gasteiger partial charge in [0.2, 0.25) is 0 Å². The van der Waals surface area contributed by atoms with Crippen LogP contribution in [-0.2, 0) is 10.9 Å². The molecular weight excluding hydrogens is 238 g/mol. The van der Waals surface area contributed by atoms with Crippen molar-refractivity contribution in [2.24, 2.45) is 11.1 Å². The average Bonchev–Trinajstić information content (AvgIpc) is 2.13. The van der Waals surface area contributed by atoms with E-state index in [2.05, 4.69) is 54.0 Å². The minimum Gasteiger partial charge on any atom is -0.312 e. The number of fused-ring (bicyclic) bond motifs is 1. The van der Waals surface area contributed by atoms with Gasteiger partial charge in [-0.2, -0.15) is 0 Å². The lowest BCUT2D eigenvalue weighted by molar-refractivity contribution is 0.225. The van der Waals surface area contributed by atoms with E-state index in [4.69, 9.17) is 5.73 Å². The first kappa shape index (κ1) is 10.2. The predicted molar refractivity (Wildman–Crippen MR) is 63.3 cm³/mol. The van der Waals surface area contributed by atoms with Crippen molar-refractivity contribution in [1.29, 1.82) is 0 Å². The van der Waals surface area contributed by atoms with Crippen molar-refractivity contribution in [3.8, 4) is 0 Å². The van der Waals surface area contributed by atoms with Crippen molar-refractivity contribution in [1.82, 2.24) is 0 Å². The van der Waals surface area contributed by atoms with Gasteiger partial charge in [0.05, 0.1) is 0 Å². The van der Waals surface area contributed by atoms with Gasteiger partial charge < -0.3 is 5.73 Å². The van der Waals surface area contributed by atoms with Crippen LogP contribution in [0.4, 0.5) is 0 Å². The molecule has 1 aromatic carbocycles. The molecule has 2 rings (SSSR count). The van der Waals surface area contributed by atoms with Crippen LogP contribution >= 0.6 is 15.9 Å². The highest BCUT2D eigenvalue weighted by Gasteiger charge is 2.44. The lowest BCUT2D eigenvalue weighted by atomic mass is 9.70. The summed E-state index contributed by atoms with van der Waals surface area (Å²) in [7, 11) is 0. The molecule has 2 heteroatoms. The van der Waals surface area contributed by atoms with Crippen molar-refractivity contribution in [2.75, 3.05) is 0 Å². The molecule has 1 atom stereocenters. The third-order valence-corrected chi connectivity index (χ3v) is 4.91. The zero-order valence-electron chi connectivity index (χ0n) is 8.68. The van der Waals surface area contributed by atoms with E-state index in [1.165, 1.54) is 11.1 Å². The molecule has 1 nitrogen and oxygen atoms in total. The van der Waals surface area contributed by atoms with Gasteiger partial charge in [-0.3, -0.25) is 0 Å². The summed E-state index contributed by atoms with van der Waals surface area (Å²) >= 11 is 3.69. The molecule has 0 amide bonds. The molecule has 0 saturated carbocycles. The molecule has 1 unspecified atom stereocenters. The maximum atomic E-state index is 6.38. The Balaban J connectivity index is 2.57. The highest BCUT2D eigenvalue weighted by atomic mass is 79.9. The number of hydrogen-bond donors (Lipinski definition) is 1. The molecule has 76 valence electrons. The van der Waals surface area contributed by atoms with Gasteiger partial charge in [-0.25, -0.2) is 0 Å². The van der Waals surface area contributed by atoms with Crippen LogP contribution < -0.4 is 5.73 Å². The predicted octanol–water partition coefficient (Wildman–Crippen LogP) is 3.17. The van der Waals surface area contributed by atoms with Crippen LogP contribution in [0.5, 0.6) is 0 Å². The summed E-state index contributed by atoms with van der Waals surface area (Å²) in [5, 5.41) is 0. The molecular formula is C12H16BrN. The van der Waals surface area contributed by atoms with Crippen molar-refractivity contribution in [3.05, 3.63) is 35.4 Å². The Morgan fingerprint density at radius 1 is 1.29 bits per heavy atom. The number of halogens is 1. The van der Waals surface area contributed by atoms with Crippen molar-refractivity contribution in [2.45, 2.75) is 31.1 Å². The second kappa shape index (κ2) is 3.07. The van der Waals surface area contributed by atoms with Gasteiger partial charge >= 0.3 is 0 Å². The second-order valence-corrected chi connectivity index (χ2v) is 6.00. The Labute approximate surface area is 93.8 Å². The van der Waals surface area contributed by atoms with Crippen molar-refractivity contribution in [3.63, 3.8) is 0 Å². The Morgan fingerprint density at radius 2 is 1.93 bits per heavy atom. The topological polar surface area (TPSA) is 26.0 Å². The van der Waals surface area contributed by atoms with E-state index in [1.807, 2.05) is 0 Å². The first-order valence-corrected chi connectivity index (χ1v) is 5.81. The monoisotopic (exact) mass is 253 g/mol. The van der Waals surface area contributed by atoms with Crippen molar-refractivity contribution < 1.29 is 0 Å². The lowest BCUT2D eigenvalue weighted by Gasteiger charge is -2.44. The Morgan fingerprint density at radius 3 is 2.64 bits per heavy atom. The molecule has 0 aliphatic heterocycles. The molecule has 1 aliphatic carbocycles. The zero-order chi connectivity index (χ0) is 10.4. The van der Waals surface area contributed by atoms with Gasteiger partial charge in [0, 0.05) is 0 Å². The smallest absolute Gasteiger partial charge is 0.103 e. The average molecular weight is 254 g/mol. The Hall–Kier alpha value is -0.340. The molecule has 0 heterocycles. The second-order valence-electron chi connectivity index (χ2n) is 4.75. The lowest BCUT2D eigenvalue weighted by Crippen LogP contribution is -2.47. The normalized spacial score (nSPS) is 29.7. The molecule has 1 aromatic rings. The largest absolute Gasteiger partial charge is 0.312 e. The van der Waals surface area contributed by atoms with E-state index < -0.39 is 0 Å². The maximum Gasteiger partial charge on any atom is 0.103 e. The summed E-state index contributed by atoms with van der Waals surface area (Å²) in [6, 6.07) is 8.45. The van der Waals surface area contributed by atoms with E-state index >= 15 is 0 Å². The number of rotatable bonds is 0. The maximum absolute atomic E-state index is 6.38. The summed E-state index contributed by atoms with van der Waals surface area (Å²) in [6.45, 7) is 4.44. The first-order valence-electron chi connectivity index (χ1n) is 5.01. The standard InChI is InChI=1S/C12H16BrN/c1-11(2)8-7-9-5-3-4-6-10(9)12(11,13)14/h3-6H,7-8,14H2,1-2H3. The zero-order valence-corrected chi connectivity index (χ0v) is 10.3. The van der Waals surface area contributed by atoms with Gasteiger partial charge in [-0.1, -0.05) is 54.0 Å². The number of aryl methyl sites for hydroxylation is 1. The van der Waals surface area contributed by atoms with E-state index in [9.17, 15) is 0 Å². The van der Waals surface area contributed by atoms with Crippen LogP contribution in [0.1, 0.15) is 31.4 Å². The SMILES string of the molecule is CC1(C)CCc2ccccc2C1(N)Br. The number of nitrogens with two attached hydrogens (primary N) is 1. The minimum absolute atomic E-state index is 0.112.